The van der Waals surface area contributed by atoms with Crippen LogP contribution >= 0.6 is 0 Å². The summed E-state index contributed by atoms with van der Waals surface area (Å²) in [5.74, 6) is -0.652. The normalized spacial score (nSPS) is 45.7. The molecule has 0 bridgehead atoms. The molecule has 0 amide bonds. The Morgan fingerprint density at radius 1 is 1.60 bits per heavy atom. The van der Waals surface area contributed by atoms with E-state index < -0.39 is 21.5 Å². The van der Waals surface area contributed by atoms with Gasteiger partial charge in [0.1, 0.15) is 5.60 Å². The third-order valence-electron chi connectivity index (χ3n) is 1.64. The standard InChI is InChI=1S/C5H10O4S/c1-5(7)3-10(8,9)2-4(5)6/h4,6-7H,2-3H2,1H3/t4-,5+/m0/s1. The van der Waals surface area contributed by atoms with Gasteiger partial charge >= 0.3 is 0 Å². The highest BCUT2D eigenvalue weighted by molar-refractivity contribution is 7.91. The van der Waals surface area contributed by atoms with Gasteiger partial charge in [-0.05, 0) is 6.92 Å². The van der Waals surface area contributed by atoms with E-state index in [0.29, 0.717) is 0 Å². The second-order valence-electron chi connectivity index (χ2n) is 2.93. The Kier molecular flexibility index (Phi) is 1.54. The van der Waals surface area contributed by atoms with E-state index >= 15 is 0 Å². The molecule has 10 heavy (non-hydrogen) atoms. The largest absolute Gasteiger partial charge is 0.389 e. The van der Waals surface area contributed by atoms with Crippen LogP contribution in [0.1, 0.15) is 6.92 Å². The Morgan fingerprint density at radius 2 is 2.10 bits per heavy atom. The van der Waals surface area contributed by atoms with E-state index in [4.69, 9.17) is 10.2 Å². The number of hydrogen-bond donors (Lipinski definition) is 2. The number of hydrogen-bond acceptors (Lipinski definition) is 4. The summed E-state index contributed by atoms with van der Waals surface area (Å²) in [4.78, 5) is 0. The number of aliphatic hydroxyl groups is 2. The molecule has 1 aliphatic heterocycles. The minimum atomic E-state index is -3.20. The van der Waals surface area contributed by atoms with E-state index in [9.17, 15) is 8.42 Å². The molecule has 5 heteroatoms. The topological polar surface area (TPSA) is 74.6 Å². The zero-order valence-electron chi connectivity index (χ0n) is 5.61. The van der Waals surface area contributed by atoms with Crippen molar-refractivity contribution in [1.82, 2.24) is 0 Å². The lowest BCUT2D eigenvalue weighted by atomic mass is 10.0. The van der Waals surface area contributed by atoms with Gasteiger partial charge in [-0.15, -0.1) is 0 Å². The van der Waals surface area contributed by atoms with Crippen molar-refractivity contribution in [1.29, 1.82) is 0 Å². The average Bonchev–Trinajstić information content (AvgIpc) is 1.73. The molecule has 1 saturated heterocycles. The molecular weight excluding hydrogens is 156 g/mol. The molecule has 1 heterocycles. The third kappa shape index (κ3) is 1.31. The van der Waals surface area contributed by atoms with Crippen molar-refractivity contribution in [3.8, 4) is 0 Å². The molecule has 0 aromatic heterocycles. The van der Waals surface area contributed by atoms with Crippen LogP contribution in [0, 0.1) is 0 Å². The average molecular weight is 166 g/mol. The Hall–Kier alpha value is -0.130. The number of sulfone groups is 1. The van der Waals surface area contributed by atoms with E-state index in [-0.39, 0.29) is 11.5 Å². The van der Waals surface area contributed by atoms with Crippen LogP contribution in [0.25, 0.3) is 0 Å². The van der Waals surface area contributed by atoms with Crippen LogP contribution in [0.4, 0.5) is 0 Å². The summed E-state index contributed by atoms with van der Waals surface area (Å²) in [6.07, 6.45) is -1.13. The molecule has 0 unspecified atom stereocenters. The molecule has 2 N–H and O–H groups in total. The van der Waals surface area contributed by atoms with Crippen molar-refractivity contribution in [2.24, 2.45) is 0 Å². The van der Waals surface area contributed by atoms with Crippen molar-refractivity contribution < 1.29 is 18.6 Å². The second-order valence-corrected chi connectivity index (χ2v) is 5.04. The van der Waals surface area contributed by atoms with Crippen LogP contribution in [0.2, 0.25) is 0 Å². The Labute approximate surface area is 59.4 Å². The summed E-state index contributed by atoms with van der Waals surface area (Å²) in [5, 5.41) is 18.1. The smallest absolute Gasteiger partial charge is 0.155 e. The molecule has 0 radical (unpaired) electrons. The van der Waals surface area contributed by atoms with Crippen molar-refractivity contribution in [3.63, 3.8) is 0 Å². The highest BCUT2D eigenvalue weighted by Crippen LogP contribution is 2.22. The summed E-state index contributed by atoms with van der Waals surface area (Å²) >= 11 is 0. The molecule has 0 aliphatic carbocycles. The highest BCUT2D eigenvalue weighted by atomic mass is 32.2. The summed E-state index contributed by atoms with van der Waals surface area (Å²) in [6.45, 7) is 1.32. The van der Waals surface area contributed by atoms with Gasteiger partial charge in [0.2, 0.25) is 0 Å². The van der Waals surface area contributed by atoms with Gasteiger partial charge in [0.25, 0.3) is 0 Å². The Morgan fingerprint density at radius 3 is 2.20 bits per heavy atom. The molecule has 0 aromatic rings. The molecule has 0 spiro atoms. The Balaban J connectivity index is 2.92. The zero-order valence-corrected chi connectivity index (χ0v) is 6.43. The predicted octanol–water partition coefficient (Wildman–Crippen LogP) is -1.47. The van der Waals surface area contributed by atoms with Crippen LogP contribution < -0.4 is 0 Å². The second kappa shape index (κ2) is 1.93. The minimum Gasteiger partial charge on any atom is -0.389 e. The van der Waals surface area contributed by atoms with Gasteiger partial charge in [-0.25, -0.2) is 8.42 Å². The van der Waals surface area contributed by atoms with Crippen molar-refractivity contribution in [2.45, 2.75) is 18.6 Å². The first-order valence-corrected chi connectivity index (χ1v) is 4.76. The van der Waals surface area contributed by atoms with E-state index in [1.54, 1.807) is 0 Å². The van der Waals surface area contributed by atoms with Crippen LogP contribution in [0.3, 0.4) is 0 Å². The third-order valence-corrected chi connectivity index (χ3v) is 3.49. The number of rotatable bonds is 0. The quantitative estimate of drug-likeness (QED) is 0.460. The summed E-state index contributed by atoms with van der Waals surface area (Å²) < 4.78 is 21.5. The van der Waals surface area contributed by atoms with Gasteiger partial charge in [-0.2, -0.15) is 0 Å². The molecule has 0 saturated carbocycles. The summed E-state index contributed by atoms with van der Waals surface area (Å²) in [5.41, 5.74) is -1.45. The fraction of sp³-hybridized carbons (Fsp3) is 1.00. The first kappa shape index (κ1) is 7.97. The van der Waals surface area contributed by atoms with Crippen molar-refractivity contribution in [3.05, 3.63) is 0 Å². The van der Waals surface area contributed by atoms with E-state index in [0.717, 1.165) is 0 Å². The van der Waals surface area contributed by atoms with Gasteiger partial charge in [-0.3, -0.25) is 0 Å². The molecule has 1 aliphatic rings. The van der Waals surface area contributed by atoms with Crippen LogP contribution in [-0.4, -0.2) is 41.8 Å². The van der Waals surface area contributed by atoms with Crippen LogP contribution in [0.5, 0.6) is 0 Å². The molecule has 1 rings (SSSR count). The minimum absolute atomic E-state index is 0.319. The molecule has 1 fully saturated rings. The van der Waals surface area contributed by atoms with Gasteiger partial charge in [0.05, 0.1) is 17.6 Å². The van der Waals surface area contributed by atoms with Gasteiger partial charge in [0, 0.05) is 0 Å². The first-order chi connectivity index (χ1) is 4.33. The summed E-state index contributed by atoms with van der Waals surface area (Å²) in [6, 6.07) is 0. The maximum atomic E-state index is 10.7. The monoisotopic (exact) mass is 166 g/mol. The molecule has 60 valence electrons. The van der Waals surface area contributed by atoms with E-state index in [1.807, 2.05) is 0 Å². The lowest BCUT2D eigenvalue weighted by Gasteiger charge is -2.17. The maximum absolute atomic E-state index is 10.7. The fourth-order valence-electron chi connectivity index (χ4n) is 1.02. The van der Waals surface area contributed by atoms with Crippen molar-refractivity contribution in [2.75, 3.05) is 11.5 Å². The van der Waals surface area contributed by atoms with E-state index in [2.05, 4.69) is 0 Å². The molecule has 2 atom stereocenters. The zero-order chi connectivity index (χ0) is 7.99. The van der Waals surface area contributed by atoms with Crippen molar-refractivity contribution >= 4 is 9.84 Å². The van der Waals surface area contributed by atoms with Crippen LogP contribution in [-0.2, 0) is 9.84 Å². The van der Waals surface area contributed by atoms with Gasteiger partial charge in [-0.1, -0.05) is 0 Å². The molecule has 4 nitrogen and oxygen atoms in total. The maximum Gasteiger partial charge on any atom is 0.155 e. The Bertz CT molecular complexity index is 228. The number of aliphatic hydroxyl groups excluding tert-OH is 1. The van der Waals surface area contributed by atoms with Crippen LogP contribution in [0.15, 0.2) is 0 Å². The fourth-order valence-corrected chi connectivity index (χ4v) is 3.06. The van der Waals surface area contributed by atoms with Gasteiger partial charge < -0.3 is 10.2 Å². The first-order valence-electron chi connectivity index (χ1n) is 2.94. The lowest BCUT2D eigenvalue weighted by Crippen LogP contribution is -2.37. The predicted molar refractivity (Wildman–Crippen MR) is 35.3 cm³/mol. The SMILES string of the molecule is C[C@@]1(O)CS(=O)(=O)C[C@@H]1O. The highest BCUT2D eigenvalue weighted by Gasteiger charge is 2.44. The molecular formula is C5H10O4S. The molecule has 0 aromatic carbocycles. The van der Waals surface area contributed by atoms with E-state index in [1.165, 1.54) is 6.92 Å². The lowest BCUT2D eigenvalue weighted by molar-refractivity contribution is -0.0241. The van der Waals surface area contributed by atoms with Gasteiger partial charge in [0.15, 0.2) is 9.84 Å². The summed E-state index contributed by atoms with van der Waals surface area (Å²) in [7, 11) is -3.20.